The fourth-order valence-electron chi connectivity index (χ4n) is 3.75. The molecule has 2 aromatic carbocycles. The van der Waals surface area contributed by atoms with Crippen LogP contribution in [0.15, 0.2) is 63.3 Å². The van der Waals surface area contributed by atoms with Gasteiger partial charge in [0.15, 0.2) is 9.99 Å². The molecule has 160 valence electrons. The number of nitrogens with one attached hydrogen (secondary N) is 1. The van der Waals surface area contributed by atoms with Crippen molar-refractivity contribution in [3.8, 4) is 0 Å². The Morgan fingerprint density at radius 3 is 2.78 bits per heavy atom. The van der Waals surface area contributed by atoms with Gasteiger partial charge in [0.05, 0.1) is 11.2 Å². The predicted molar refractivity (Wildman–Crippen MR) is 127 cm³/mol. The topological polar surface area (TPSA) is 85.1 Å². The molecule has 5 aromatic rings. The van der Waals surface area contributed by atoms with Crippen molar-refractivity contribution in [2.75, 3.05) is 5.32 Å². The largest absolute Gasteiger partial charge is 0.325 e. The highest BCUT2D eigenvalue weighted by molar-refractivity contribution is 8.01. The molecule has 0 saturated heterocycles. The maximum Gasteiger partial charge on any atom is 0.224 e. The number of nitrogens with zero attached hydrogens (tertiary/aromatic N) is 5. The molecule has 0 fully saturated rings. The van der Waals surface area contributed by atoms with Gasteiger partial charge in [-0.3, -0.25) is 4.79 Å². The summed E-state index contributed by atoms with van der Waals surface area (Å²) in [4.78, 5) is 18.5. The fraction of sp³-hybridized carbons (Fsp3) is 0.174. The molecule has 0 spiro atoms. The van der Waals surface area contributed by atoms with Gasteiger partial charge >= 0.3 is 0 Å². The third-order valence-corrected chi connectivity index (χ3v) is 7.17. The average molecular weight is 461 g/mol. The lowest BCUT2D eigenvalue weighted by atomic mass is 10.1. The van der Waals surface area contributed by atoms with Crippen molar-refractivity contribution in [2.45, 2.75) is 35.9 Å². The van der Waals surface area contributed by atoms with Gasteiger partial charge in [-0.05, 0) is 50.1 Å². The zero-order chi connectivity index (χ0) is 22.1. The lowest BCUT2D eigenvalue weighted by Gasteiger charge is -2.12. The van der Waals surface area contributed by atoms with Gasteiger partial charge in [0.1, 0.15) is 5.51 Å². The Kier molecular flexibility index (Phi) is 5.59. The Morgan fingerprint density at radius 1 is 1.12 bits per heavy atom. The molecule has 0 bridgehead atoms. The van der Waals surface area contributed by atoms with Crippen LogP contribution in [0.4, 0.5) is 5.69 Å². The highest BCUT2D eigenvalue weighted by atomic mass is 32.2. The molecule has 0 radical (unpaired) electrons. The number of aryl methyl sites for hydroxylation is 2. The van der Waals surface area contributed by atoms with Crippen LogP contribution in [0.2, 0.25) is 0 Å². The van der Waals surface area contributed by atoms with Gasteiger partial charge in [0, 0.05) is 28.1 Å². The SMILES string of the molecule is Cc1nc2c3ccccc3nn2c(C)c1CCC(=O)Nc1ccccc1Sc1nncs1. The van der Waals surface area contributed by atoms with E-state index in [2.05, 4.69) is 15.5 Å². The minimum atomic E-state index is -0.0418. The second-order valence-corrected chi connectivity index (χ2v) is 9.49. The van der Waals surface area contributed by atoms with Gasteiger partial charge in [-0.15, -0.1) is 10.2 Å². The quantitative estimate of drug-likeness (QED) is 0.381. The van der Waals surface area contributed by atoms with E-state index in [0.29, 0.717) is 12.8 Å². The van der Waals surface area contributed by atoms with Crippen LogP contribution in [-0.4, -0.2) is 30.7 Å². The normalized spacial score (nSPS) is 11.3. The van der Waals surface area contributed by atoms with Crippen molar-refractivity contribution >= 4 is 51.2 Å². The molecule has 0 aliphatic carbocycles. The number of aromatic nitrogens is 5. The Morgan fingerprint density at radius 2 is 1.94 bits per heavy atom. The number of benzene rings is 2. The molecule has 7 nitrogen and oxygen atoms in total. The van der Waals surface area contributed by atoms with Crippen LogP contribution in [0.1, 0.15) is 23.4 Å². The summed E-state index contributed by atoms with van der Waals surface area (Å²) in [7, 11) is 0. The van der Waals surface area contributed by atoms with Gasteiger partial charge < -0.3 is 5.32 Å². The Labute approximate surface area is 192 Å². The van der Waals surface area contributed by atoms with E-state index in [1.807, 2.05) is 66.9 Å². The van der Waals surface area contributed by atoms with Gasteiger partial charge in [0.2, 0.25) is 5.91 Å². The van der Waals surface area contributed by atoms with Crippen molar-refractivity contribution < 1.29 is 4.79 Å². The first kappa shape index (κ1) is 20.6. The summed E-state index contributed by atoms with van der Waals surface area (Å²) in [6.07, 6.45) is 0.946. The Balaban J connectivity index is 1.34. The summed E-state index contributed by atoms with van der Waals surface area (Å²) in [6, 6.07) is 15.7. The van der Waals surface area contributed by atoms with Gasteiger partial charge in [-0.25, -0.2) is 9.50 Å². The first-order valence-corrected chi connectivity index (χ1v) is 11.9. The maximum atomic E-state index is 12.8. The highest BCUT2D eigenvalue weighted by Crippen LogP contribution is 2.34. The molecule has 3 aromatic heterocycles. The maximum absolute atomic E-state index is 12.8. The van der Waals surface area contributed by atoms with Crippen molar-refractivity contribution in [1.29, 1.82) is 0 Å². The van der Waals surface area contributed by atoms with Crippen molar-refractivity contribution in [2.24, 2.45) is 0 Å². The number of amides is 1. The summed E-state index contributed by atoms with van der Waals surface area (Å²) in [5.41, 5.74) is 7.24. The summed E-state index contributed by atoms with van der Waals surface area (Å²) < 4.78 is 2.72. The molecular weight excluding hydrogens is 440 g/mol. The van der Waals surface area contributed by atoms with E-state index < -0.39 is 0 Å². The zero-order valence-electron chi connectivity index (χ0n) is 17.6. The molecule has 5 rings (SSSR count). The average Bonchev–Trinajstić information content (AvgIpc) is 3.43. The molecule has 9 heteroatoms. The smallest absolute Gasteiger partial charge is 0.224 e. The molecule has 32 heavy (non-hydrogen) atoms. The number of carbonyl (C=O) groups excluding carboxylic acids is 1. The number of rotatable bonds is 6. The van der Waals surface area contributed by atoms with Crippen LogP contribution in [-0.2, 0) is 11.2 Å². The van der Waals surface area contributed by atoms with Crippen LogP contribution in [0, 0.1) is 13.8 Å². The number of fused-ring (bicyclic) bond motifs is 3. The lowest BCUT2D eigenvalue weighted by Crippen LogP contribution is -2.14. The predicted octanol–water partition coefficient (Wildman–Crippen LogP) is 5.07. The fourth-order valence-corrected chi connectivity index (χ4v) is 5.27. The molecule has 0 atom stereocenters. The third kappa shape index (κ3) is 3.96. The van der Waals surface area contributed by atoms with E-state index in [0.717, 1.165) is 48.4 Å². The summed E-state index contributed by atoms with van der Waals surface area (Å²) >= 11 is 2.97. The van der Waals surface area contributed by atoms with Gasteiger partial charge in [-0.1, -0.05) is 47.4 Å². The lowest BCUT2D eigenvalue weighted by molar-refractivity contribution is -0.116. The molecular formula is C23H20N6OS2. The monoisotopic (exact) mass is 460 g/mol. The van der Waals surface area contributed by atoms with E-state index in [1.54, 1.807) is 5.51 Å². The van der Waals surface area contributed by atoms with E-state index in [4.69, 9.17) is 10.1 Å². The van der Waals surface area contributed by atoms with E-state index in [1.165, 1.54) is 23.1 Å². The highest BCUT2D eigenvalue weighted by Gasteiger charge is 2.16. The van der Waals surface area contributed by atoms with E-state index >= 15 is 0 Å². The first-order chi connectivity index (χ1) is 15.6. The number of hydrogen-bond donors (Lipinski definition) is 1. The molecule has 0 unspecified atom stereocenters. The molecule has 0 aliphatic rings. The number of para-hydroxylation sites is 1. The third-order valence-electron chi connectivity index (χ3n) is 5.32. The van der Waals surface area contributed by atoms with Crippen LogP contribution in [0.5, 0.6) is 0 Å². The number of carbonyl (C=O) groups is 1. The van der Waals surface area contributed by atoms with Crippen molar-refractivity contribution in [3.05, 3.63) is 71.0 Å². The zero-order valence-corrected chi connectivity index (χ0v) is 19.2. The number of hydrogen-bond acceptors (Lipinski definition) is 7. The second kappa shape index (κ2) is 8.68. The number of anilines is 1. The van der Waals surface area contributed by atoms with Crippen LogP contribution >= 0.6 is 23.1 Å². The van der Waals surface area contributed by atoms with Gasteiger partial charge in [0.25, 0.3) is 0 Å². The summed E-state index contributed by atoms with van der Waals surface area (Å²) in [5, 5.41) is 16.7. The standard InChI is InChI=1S/C23H20N6OS2/c1-14-16(15(2)29-22(25-14)17-7-3-4-8-18(17)28-29)11-12-21(30)26-19-9-5-6-10-20(19)32-23-27-24-13-31-23/h3-10,13H,11-12H2,1-2H3,(H,26,30). The minimum absolute atomic E-state index is 0.0418. The molecule has 0 aliphatic heterocycles. The van der Waals surface area contributed by atoms with Crippen molar-refractivity contribution in [3.63, 3.8) is 0 Å². The molecule has 0 saturated carbocycles. The molecule has 3 heterocycles. The second-order valence-electron chi connectivity index (χ2n) is 7.36. The van der Waals surface area contributed by atoms with Crippen LogP contribution < -0.4 is 5.32 Å². The van der Waals surface area contributed by atoms with Crippen LogP contribution in [0.3, 0.4) is 0 Å². The Hall–Kier alpha value is -3.30. The first-order valence-electron chi connectivity index (χ1n) is 10.2. The molecule has 1 amide bonds. The minimum Gasteiger partial charge on any atom is -0.325 e. The van der Waals surface area contributed by atoms with Crippen LogP contribution in [0.25, 0.3) is 16.6 Å². The Bertz CT molecular complexity index is 1430. The summed E-state index contributed by atoms with van der Waals surface area (Å²) in [5.74, 6) is -0.0418. The van der Waals surface area contributed by atoms with Gasteiger partial charge in [-0.2, -0.15) is 5.10 Å². The van der Waals surface area contributed by atoms with E-state index in [-0.39, 0.29) is 5.91 Å². The van der Waals surface area contributed by atoms with Crippen molar-refractivity contribution in [1.82, 2.24) is 24.8 Å². The summed E-state index contributed by atoms with van der Waals surface area (Å²) in [6.45, 7) is 4.03. The molecule has 1 N–H and O–H groups in total. The van der Waals surface area contributed by atoms with E-state index in [9.17, 15) is 4.79 Å².